The monoisotopic (exact) mass is 443 g/mol. The molecule has 0 saturated carbocycles. The molecule has 0 heterocycles. The van der Waals surface area contributed by atoms with E-state index >= 15 is 0 Å². The first-order chi connectivity index (χ1) is 13.9. The second kappa shape index (κ2) is 9.15. The zero-order valence-corrected chi connectivity index (χ0v) is 17.4. The van der Waals surface area contributed by atoms with Crippen molar-refractivity contribution in [2.24, 2.45) is 0 Å². The number of rotatable bonds is 6. The highest BCUT2D eigenvalue weighted by molar-refractivity contribution is 7.95. The molecule has 0 N–H and O–H groups in total. The normalized spacial score (nSPS) is 11.7. The van der Waals surface area contributed by atoms with Gasteiger partial charge in [0.15, 0.2) is 0 Å². The van der Waals surface area contributed by atoms with Gasteiger partial charge in [-0.1, -0.05) is 59.6 Å². The maximum absolute atomic E-state index is 12.7. The van der Waals surface area contributed by atoms with Crippen LogP contribution in [0.25, 0.3) is 6.08 Å². The second-order valence-corrected chi connectivity index (χ2v) is 8.78. The topological polar surface area (TPSA) is 67.2 Å². The Balaban J connectivity index is 1.82. The van der Waals surface area contributed by atoms with Crippen molar-refractivity contribution in [3.8, 4) is 11.8 Å². The molecule has 0 bridgehead atoms. The molecular weight excluding hydrogens is 429 g/mol. The Morgan fingerprint density at radius 3 is 2.41 bits per heavy atom. The summed E-state index contributed by atoms with van der Waals surface area (Å²) >= 11 is 11.9. The third-order valence-electron chi connectivity index (χ3n) is 4.00. The summed E-state index contributed by atoms with van der Waals surface area (Å²) in [6, 6.07) is 21.7. The number of hydrogen-bond donors (Lipinski definition) is 0. The zero-order chi connectivity index (χ0) is 20.9. The van der Waals surface area contributed by atoms with Crippen LogP contribution in [0.1, 0.15) is 11.1 Å². The van der Waals surface area contributed by atoms with E-state index in [1.807, 2.05) is 0 Å². The molecule has 0 aliphatic rings. The van der Waals surface area contributed by atoms with E-state index < -0.39 is 9.84 Å². The quantitative estimate of drug-likeness (QED) is 0.444. The number of ether oxygens (including phenoxy) is 1. The molecule has 0 atom stereocenters. The highest BCUT2D eigenvalue weighted by atomic mass is 35.5. The van der Waals surface area contributed by atoms with Crippen molar-refractivity contribution in [2.75, 3.05) is 0 Å². The van der Waals surface area contributed by atoms with E-state index in [1.165, 1.54) is 18.2 Å². The van der Waals surface area contributed by atoms with E-state index in [4.69, 9.17) is 27.9 Å². The van der Waals surface area contributed by atoms with Gasteiger partial charge in [-0.05, 0) is 53.6 Å². The van der Waals surface area contributed by atoms with Crippen LogP contribution < -0.4 is 4.74 Å². The van der Waals surface area contributed by atoms with Gasteiger partial charge >= 0.3 is 0 Å². The van der Waals surface area contributed by atoms with Gasteiger partial charge < -0.3 is 4.74 Å². The SMILES string of the molecule is N#C/C(=C\c1cccc(OCc2ccc(Cl)c(Cl)c2)c1)S(=O)(=O)c1ccccc1. The van der Waals surface area contributed by atoms with Crippen molar-refractivity contribution in [1.82, 2.24) is 0 Å². The highest BCUT2D eigenvalue weighted by Gasteiger charge is 2.20. The maximum Gasteiger partial charge on any atom is 0.216 e. The molecule has 3 rings (SSSR count). The Hall–Kier alpha value is -2.78. The van der Waals surface area contributed by atoms with Gasteiger partial charge in [0, 0.05) is 0 Å². The third-order valence-corrected chi connectivity index (χ3v) is 6.42. The van der Waals surface area contributed by atoms with Crippen molar-refractivity contribution >= 4 is 39.1 Å². The molecule has 0 unspecified atom stereocenters. The van der Waals surface area contributed by atoms with Crippen LogP contribution >= 0.6 is 23.2 Å². The minimum absolute atomic E-state index is 0.0693. The fourth-order valence-corrected chi connectivity index (χ4v) is 4.04. The molecule has 3 aromatic carbocycles. The lowest BCUT2D eigenvalue weighted by atomic mass is 10.2. The molecule has 0 saturated heterocycles. The highest BCUT2D eigenvalue weighted by Crippen LogP contribution is 2.25. The van der Waals surface area contributed by atoms with Crippen LogP contribution in [0.4, 0.5) is 0 Å². The molecule has 0 aliphatic heterocycles. The van der Waals surface area contributed by atoms with Crippen molar-refractivity contribution in [3.63, 3.8) is 0 Å². The first-order valence-corrected chi connectivity index (χ1v) is 10.7. The lowest BCUT2D eigenvalue weighted by Crippen LogP contribution is -2.03. The van der Waals surface area contributed by atoms with Gasteiger partial charge in [0.1, 0.15) is 23.3 Å². The smallest absolute Gasteiger partial charge is 0.216 e. The van der Waals surface area contributed by atoms with Gasteiger partial charge in [0.2, 0.25) is 9.84 Å². The fourth-order valence-electron chi connectivity index (χ4n) is 2.54. The molecule has 3 aromatic rings. The number of halogens is 2. The van der Waals surface area contributed by atoms with Crippen LogP contribution in [0.5, 0.6) is 5.75 Å². The summed E-state index contributed by atoms with van der Waals surface area (Å²) in [5.74, 6) is 0.527. The minimum Gasteiger partial charge on any atom is -0.489 e. The number of nitriles is 1. The van der Waals surface area contributed by atoms with Crippen molar-refractivity contribution < 1.29 is 13.2 Å². The van der Waals surface area contributed by atoms with Crippen LogP contribution in [0.15, 0.2) is 82.6 Å². The summed E-state index contributed by atoms with van der Waals surface area (Å²) < 4.78 is 31.1. The van der Waals surface area contributed by atoms with E-state index in [0.717, 1.165) is 5.56 Å². The van der Waals surface area contributed by atoms with E-state index in [9.17, 15) is 13.7 Å². The van der Waals surface area contributed by atoms with Crippen LogP contribution in [0, 0.1) is 11.3 Å². The molecule has 4 nitrogen and oxygen atoms in total. The lowest BCUT2D eigenvalue weighted by molar-refractivity contribution is 0.306. The molecule has 0 amide bonds. The summed E-state index contributed by atoms with van der Waals surface area (Å²) in [4.78, 5) is -0.273. The summed E-state index contributed by atoms with van der Waals surface area (Å²) in [5, 5.41) is 10.3. The Bertz CT molecular complexity index is 1200. The molecule has 0 radical (unpaired) electrons. The summed E-state index contributed by atoms with van der Waals surface area (Å²) in [7, 11) is -3.89. The summed E-state index contributed by atoms with van der Waals surface area (Å²) in [6.07, 6.45) is 1.33. The van der Waals surface area contributed by atoms with E-state index in [-0.39, 0.29) is 16.4 Å². The lowest BCUT2D eigenvalue weighted by Gasteiger charge is -2.08. The van der Waals surface area contributed by atoms with Gasteiger partial charge in [0.05, 0.1) is 14.9 Å². The van der Waals surface area contributed by atoms with Gasteiger partial charge in [-0.2, -0.15) is 5.26 Å². The van der Waals surface area contributed by atoms with Gasteiger partial charge in [0.25, 0.3) is 0 Å². The Morgan fingerprint density at radius 2 is 1.72 bits per heavy atom. The second-order valence-electron chi connectivity index (χ2n) is 6.05. The number of sulfone groups is 1. The number of allylic oxidation sites excluding steroid dienone is 1. The molecule has 0 fully saturated rings. The minimum atomic E-state index is -3.89. The standard InChI is InChI=1S/C22H15Cl2NO3S/c23-21-10-9-17(13-22(21)24)15-28-18-6-4-5-16(11-18)12-20(14-25)29(26,27)19-7-2-1-3-8-19/h1-13H,15H2/b20-12+. The number of hydrogen-bond acceptors (Lipinski definition) is 4. The van der Waals surface area contributed by atoms with Gasteiger partial charge in [-0.3, -0.25) is 0 Å². The molecule has 0 spiro atoms. The predicted octanol–water partition coefficient (Wildman–Crippen LogP) is 5.91. The van der Waals surface area contributed by atoms with Crippen LogP contribution in [0.3, 0.4) is 0 Å². The van der Waals surface area contributed by atoms with E-state index in [1.54, 1.807) is 66.7 Å². The molecule has 29 heavy (non-hydrogen) atoms. The van der Waals surface area contributed by atoms with Crippen molar-refractivity contribution in [1.29, 1.82) is 5.26 Å². The third kappa shape index (κ3) is 5.18. The largest absolute Gasteiger partial charge is 0.489 e. The van der Waals surface area contributed by atoms with E-state index in [0.29, 0.717) is 21.4 Å². The Kier molecular flexibility index (Phi) is 6.60. The number of benzene rings is 3. The Morgan fingerprint density at radius 1 is 0.966 bits per heavy atom. The molecule has 146 valence electrons. The van der Waals surface area contributed by atoms with Crippen molar-refractivity contribution in [2.45, 2.75) is 11.5 Å². The van der Waals surface area contributed by atoms with Crippen LogP contribution in [0.2, 0.25) is 10.0 Å². The average Bonchev–Trinajstić information content (AvgIpc) is 2.73. The van der Waals surface area contributed by atoms with Crippen molar-refractivity contribution in [3.05, 3.63) is 98.9 Å². The van der Waals surface area contributed by atoms with E-state index in [2.05, 4.69) is 0 Å². The molecule has 0 aromatic heterocycles. The fraction of sp³-hybridized carbons (Fsp3) is 0.0455. The summed E-state index contributed by atoms with van der Waals surface area (Å²) in [5.41, 5.74) is 1.37. The first-order valence-electron chi connectivity index (χ1n) is 8.49. The maximum atomic E-state index is 12.7. The molecular formula is C22H15Cl2NO3S. The van der Waals surface area contributed by atoms with Gasteiger partial charge in [-0.25, -0.2) is 8.42 Å². The first kappa shape index (κ1) is 20.9. The predicted molar refractivity (Wildman–Crippen MR) is 114 cm³/mol. The van der Waals surface area contributed by atoms with Crippen LogP contribution in [-0.2, 0) is 16.4 Å². The van der Waals surface area contributed by atoms with Gasteiger partial charge in [-0.15, -0.1) is 0 Å². The van der Waals surface area contributed by atoms with Crippen LogP contribution in [-0.4, -0.2) is 8.42 Å². The zero-order valence-electron chi connectivity index (χ0n) is 15.0. The molecule has 0 aliphatic carbocycles. The Labute approximate surface area is 179 Å². The molecule has 7 heteroatoms. The summed E-state index contributed by atoms with van der Waals surface area (Å²) in [6.45, 7) is 0.261. The number of nitrogens with zero attached hydrogens (tertiary/aromatic N) is 1. The average molecular weight is 444 g/mol.